The largest absolute Gasteiger partial charge is 0.375 e. The smallest absolute Gasteiger partial charge is 0.0697 e. The van der Waals surface area contributed by atoms with Crippen LogP contribution in [0.25, 0.3) is 0 Å². The zero-order valence-electron chi connectivity index (χ0n) is 10.0. The van der Waals surface area contributed by atoms with Crippen LogP contribution in [-0.4, -0.2) is 12.2 Å². The Kier molecular flexibility index (Phi) is 3.22. The molecule has 1 saturated carbocycles. The average Bonchev–Trinajstić information content (AvgIpc) is 2.67. The monoisotopic (exact) mass is 217 g/mol. The second-order valence-electron chi connectivity index (χ2n) is 5.16. The molecule has 2 fully saturated rings. The van der Waals surface area contributed by atoms with Crippen LogP contribution in [0.15, 0.2) is 0 Å². The normalized spacial score (nSPS) is 31.8. The van der Waals surface area contributed by atoms with Gasteiger partial charge in [-0.25, -0.2) is 0 Å². The van der Waals surface area contributed by atoms with Crippen molar-refractivity contribution in [3.05, 3.63) is 0 Å². The van der Waals surface area contributed by atoms with Gasteiger partial charge in [-0.1, -0.05) is 18.8 Å². The number of hydrogen-bond donors (Lipinski definition) is 0. The third-order valence-electron chi connectivity index (χ3n) is 3.97. The van der Waals surface area contributed by atoms with Gasteiger partial charge in [0.15, 0.2) is 0 Å². The molecule has 0 aromatic carbocycles. The lowest BCUT2D eigenvalue weighted by Gasteiger charge is -2.43. The Labute approximate surface area is 98.0 Å². The average molecular weight is 217 g/mol. The maximum Gasteiger partial charge on any atom is 0.0697 e. The lowest BCUT2D eigenvalue weighted by Crippen LogP contribution is -2.42. The van der Waals surface area contributed by atoms with E-state index in [-0.39, 0.29) is 11.0 Å². The Morgan fingerprint density at radius 3 is 2.62 bits per heavy atom. The van der Waals surface area contributed by atoms with Crippen molar-refractivity contribution < 1.29 is 4.74 Å². The van der Waals surface area contributed by atoms with E-state index in [1.54, 1.807) is 0 Å². The molecule has 1 aliphatic heterocycles. The van der Waals surface area contributed by atoms with E-state index >= 15 is 0 Å². The first kappa shape index (κ1) is 11.5. The van der Waals surface area contributed by atoms with Crippen molar-refractivity contribution in [3.8, 4) is 17.9 Å². The number of ether oxygens (including phenoxy) is 1. The van der Waals surface area contributed by atoms with E-state index in [4.69, 9.17) is 10.00 Å². The highest BCUT2D eigenvalue weighted by molar-refractivity contribution is 5.17. The minimum atomic E-state index is -0.0912. The maximum absolute atomic E-state index is 8.98. The lowest BCUT2D eigenvalue weighted by atomic mass is 9.71. The maximum atomic E-state index is 8.98. The van der Waals surface area contributed by atoms with Gasteiger partial charge >= 0.3 is 0 Å². The molecule has 2 nitrogen and oxygen atoms in total. The van der Waals surface area contributed by atoms with Gasteiger partial charge in [0.1, 0.15) is 0 Å². The van der Waals surface area contributed by atoms with Gasteiger partial charge in [0.2, 0.25) is 0 Å². The van der Waals surface area contributed by atoms with Crippen LogP contribution in [0.1, 0.15) is 51.9 Å². The molecule has 0 bridgehead atoms. The van der Waals surface area contributed by atoms with E-state index in [1.807, 2.05) is 6.92 Å². The summed E-state index contributed by atoms with van der Waals surface area (Å²) in [5.41, 5.74) is -0.0367. The van der Waals surface area contributed by atoms with Crippen molar-refractivity contribution in [1.82, 2.24) is 0 Å². The minimum absolute atomic E-state index is 0.0545. The van der Waals surface area contributed by atoms with Crippen molar-refractivity contribution in [1.29, 1.82) is 5.26 Å². The zero-order valence-corrected chi connectivity index (χ0v) is 10.0. The Bertz CT molecular complexity index is 351. The van der Waals surface area contributed by atoms with Crippen LogP contribution >= 0.6 is 0 Å². The van der Waals surface area contributed by atoms with E-state index < -0.39 is 0 Å². The topological polar surface area (TPSA) is 33.0 Å². The fourth-order valence-corrected chi connectivity index (χ4v) is 3.28. The number of rotatable bonds is 1. The van der Waals surface area contributed by atoms with Gasteiger partial charge in [0, 0.05) is 12.0 Å². The van der Waals surface area contributed by atoms with Crippen LogP contribution in [0, 0.1) is 28.6 Å². The Morgan fingerprint density at radius 2 is 2.00 bits per heavy atom. The van der Waals surface area contributed by atoms with Crippen LogP contribution < -0.4 is 0 Å². The highest BCUT2D eigenvalue weighted by Crippen LogP contribution is 2.48. The van der Waals surface area contributed by atoms with Crippen LogP contribution in [0.5, 0.6) is 0 Å². The van der Waals surface area contributed by atoms with Gasteiger partial charge in [0.25, 0.3) is 0 Å². The van der Waals surface area contributed by atoms with Gasteiger partial charge < -0.3 is 4.74 Å². The first-order valence-electron chi connectivity index (χ1n) is 6.19. The summed E-state index contributed by atoms with van der Waals surface area (Å²) >= 11 is 0. The van der Waals surface area contributed by atoms with Crippen molar-refractivity contribution in [2.75, 3.05) is 6.61 Å². The predicted molar refractivity (Wildman–Crippen MR) is 62.5 cm³/mol. The third kappa shape index (κ3) is 2.08. The summed E-state index contributed by atoms with van der Waals surface area (Å²) in [6.07, 6.45) is 7.29. The van der Waals surface area contributed by atoms with Crippen LogP contribution in [0.2, 0.25) is 0 Å². The van der Waals surface area contributed by atoms with Gasteiger partial charge in [-0.05, 0) is 32.6 Å². The molecule has 0 N–H and O–H groups in total. The molecule has 16 heavy (non-hydrogen) atoms. The third-order valence-corrected chi connectivity index (χ3v) is 3.97. The van der Waals surface area contributed by atoms with Crippen LogP contribution in [-0.2, 0) is 4.74 Å². The van der Waals surface area contributed by atoms with Crippen molar-refractivity contribution >= 4 is 0 Å². The summed E-state index contributed by atoms with van der Waals surface area (Å²) in [7, 11) is 0. The summed E-state index contributed by atoms with van der Waals surface area (Å²) in [5, 5.41) is 8.98. The first-order valence-corrected chi connectivity index (χ1v) is 6.19. The molecule has 1 spiro atoms. The van der Waals surface area contributed by atoms with Crippen molar-refractivity contribution in [2.24, 2.45) is 5.41 Å². The van der Waals surface area contributed by atoms with Gasteiger partial charge in [-0.3, -0.25) is 0 Å². The van der Waals surface area contributed by atoms with E-state index in [2.05, 4.69) is 17.9 Å². The molecule has 1 heterocycles. The summed E-state index contributed by atoms with van der Waals surface area (Å²) in [4.78, 5) is 0. The van der Waals surface area contributed by atoms with Gasteiger partial charge in [-0.2, -0.15) is 5.26 Å². The SMILES string of the molecule is CC#CC1(CC#N)CCOC2(CCCC2)C1. The molecular weight excluding hydrogens is 198 g/mol. The second kappa shape index (κ2) is 4.48. The van der Waals surface area contributed by atoms with E-state index in [0.29, 0.717) is 6.42 Å². The molecule has 0 aromatic heterocycles. The predicted octanol–water partition coefficient (Wildman–Crippen LogP) is 3.03. The van der Waals surface area contributed by atoms with E-state index in [0.717, 1.165) is 32.3 Å². The standard InChI is InChI=1S/C14H19NO/c1-2-5-13(8-10-15)9-11-16-14(12-13)6-3-4-7-14/h3-4,6-9,11-12H2,1H3. The molecule has 1 unspecified atom stereocenters. The van der Waals surface area contributed by atoms with E-state index in [1.165, 1.54) is 12.8 Å². The number of nitriles is 1. The molecule has 0 radical (unpaired) electrons. The number of nitrogens with zero attached hydrogens (tertiary/aromatic N) is 1. The van der Waals surface area contributed by atoms with Crippen molar-refractivity contribution in [2.45, 2.75) is 57.5 Å². The van der Waals surface area contributed by atoms with Gasteiger partial charge in [-0.15, -0.1) is 5.92 Å². The summed E-state index contributed by atoms with van der Waals surface area (Å²) in [6.45, 7) is 2.65. The van der Waals surface area contributed by atoms with Gasteiger partial charge in [0.05, 0.1) is 18.1 Å². The fourth-order valence-electron chi connectivity index (χ4n) is 3.28. The molecule has 86 valence electrons. The zero-order chi connectivity index (χ0) is 11.5. The highest BCUT2D eigenvalue weighted by Gasteiger charge is 2.46. The second-order valence-corrected chi connectivity index (χ2v) is 5.16. The highest BCUT2D eigenvalue weighted by atomic mass is 16.5. The minimum Gasteiger partial charge on any atom is -0.375 e. The molecule has 0 amide bonds. The molecule has 1 saturated heterocycles. The quantitative estimate of drug-likeness (QED) is 0.632. The van der Waals surface area contributed by atoms with Crippen molar-refractivity contribution in [3.63, 3.8) is 0 Å². The molecule has 2 aliphatic rings. The molecule has 0 aromatic rings. The summed E-state index contributed by atoms with van der Waals surface area (Å²) in [6, 6.07) is 2.31. The molecule has 2 heteroatoms. The lowest BCUT2D eigenvalue weighted by molar-refractivity contribution is -0.107. The first-order chi connectivity index (χ1) is 7.74. The molecule has 2 rings (SSSR count). The number of hydrogen-bond acceptors (Lipinski definition) is 2. The summed E-state index contributed by atoms with van der Waals surface area (Å²) < 4.78 is 6.00. The molecule has 1 aliphatic carbocycles. The van der Waals surface area contributed by atoms with Crippen LogP contribution in [0.4, 0.5) is 0 Å². The molecule has 1 atom stereocenters. The Morgan fingerprint density at radius 1 is 1.25 bits per heavy atom. The molecular formula is C14H19NO. The Balaban J connectivity index is 2.19. The van der Waals surface area contributed by atoms with Crippen LogP contribution in [0.3, 0.4) is 0 Å². The Hall–Kier alpha value is -0.990. The van der Waals surface area contributed by atoms with E-state index in [9.17, 15) is 0 Å². The summed E-state index contributed by atoms with van der Waals surface area (Å²) in [5.74, 6) is 6.31. The fraction of sp³-hybridized carbons (Fsp3) is 0.786.